The van der Waals surface area contributed by atoms with Crippen molar-refractivity contribution in [1.29, 1.82) is 0 Å². The lowest BCUT2D eigenvalue weighted by atomic mass is 10.1. The van der Waals surface area contributed by atoms with E-state index in [4.69, 9.17) is 0 Å². The van der Waals surface area contributed by atoms with Gasteiger partial charge in [0.1, 0.15) is 11.0 Å². The van der Waals surface area contributed by atoms with Crippen LogP contribution in [0.25, 0.3) is 11.0 Å². The van der Waals surface area contributed by atoms with Crippen molar-refractivity contribution in [2.24, 2.45) is 0 Å². The first-order valence-corrected chi connectivity index (χ1v) is 7.86. The number of H-pyrrole nitrogens is 1. The second-order valence-electron chi connectivity index (χ2n) is 5.20. The van der Waals surface area contributed by atoms with Gasteiger partial charge in [-0.05, 0) is 42.5 Å². The molecule has 0 bridgehead atoms. The van der Waals surface area contributed by atoms with Gasteiger partial charge in [-0.3, -0.25) is 4.79 Å². The van der Waals surface area contributed by atoms with Crippen LogP contribution < -0.4 is 0 Å². The Morgan fingerprint density at radius 3 is 3.05 bits per heavy atom. The average molecular weight is 298 g/mol. The van der Waals surface area contributed by atoms with Crippen LogP contribution in [-0.2, 0) is 0 Å². The first-order chi connectivity index (χ1) is 10.3. The fraction of sp³-hybridized carbons (Fsp3) is 0.267. The van der Waals surface area contributed by atoms with E-state index in [0.29, 0.717) is 5.56 Å². The maximum atomic E-state index is 12.8. The largest absolute Gasteiger partial charge is 0.331 e. The van der Waals surface area contributed by atoms with Crippen LogP contribution >= 0.6 is 11.3 Å². The van der Waals surface area contributed by atoms with E-state index in [1.807, 2.05) is 29.2 Å². The number of hydrogen-bond donors (Lipinski definition) is 1. The molecule has 3 heterocycles. The van der Waals surface area contributed by atoms with Gasteiger partial charge in [-0.25, -0.2) is 0 Å². The third-order valence-corrected chi connectivity index (χ3v) is 4.92. The normalized spacial score (nSPS) is 18.5. The van der Waals surface area contributed by atoms with Crippen LogP contribution in [0.3, 0.4) is 0 Å². The number of hydrogen-bond acceptors (Lipinski definition) is 4. The molecule has 106 valence electrons. The molecule has 1 fully saturated rings. The topological polar surface area (TPSA) is 61.9 Å². The molecule has 6 heteroatoms. The molecule has 1 atom stereocenters. The lowest BCUT2D eigenvalue weighted by Gasteiger charge is -2.24. The Morgan fingerprint density at radius 2 is 2.19 bits per heavy atom. The van der Waals surface area contributed by atoms with Crippen LogP contribution in [0.5, 0.6) is 0 Å². The summed E-state index contributed by atoms with van der Waals surface area (Å²) in [6.07, 6.45) is 2.10. The van der Waals surface area contributed by atoms with Crippen molar-refractivity contribution in [2.45, 2.75) is 18.9 Å². The quantitative estimate of drug-likeness (QED) is 0.791. The van der Waals surface area contributed by atoms with Gasteiger partial charge in [0.25, 0.3) is 5.91 Å². The second-order valence-corrected chi connectivity index (χ2v) is 6.18. The summed E-state index contributed by atoms with van der Waals surface area (Å²) in [6.45, 7) is 0.818. The van der Waals surface area contributed by atoms with Gasteiger partial charge in [-0.15, -0.1) is 11.3 Å². The number of nitrogens with one attached hydrogen (secondary N) is 1. The Hall–Kier alpha value is -2.21. The molecule has 0 spiro atoms. The van der Waals surface area contributed by atoms with E-state index in [9.17, 15) is 4.79 Å². The molecule has 5 nitrogen and oxygen atoms in total. The molecule has 1 unspecified atom stereocenters. The first-order valence-electron chi connectivity index (χ1n) is 6.98. The summed E-state index contributed by atoms with van der Waals surface area (Å²) < 4.78 is 0. The van der Waals surface area contributed by atoms with Crippen LogP contribution in [0.15, 0.2) is 35.7 Å². The van der Waals surface area contributed by atoms with Gasteiger partial charge in [0, 0.05) is 17.0 Å². The van der Waals surface area contributed by atoms with Crippen molar-refractivity contribution in [1.82, 2.24) is 20.3 Å². The minimum Gasteiger partial charge on any atom is -0.331 e. The fourth-order valence-corrected chi connectivity index (χ4v) is 3.80. The summed E-state index contributed by atoms with van der Waals surface area (Å²) in [5.41, 5.74) is 2.19. The Morgan fingerprint density at radius 1 is 1.29 bits per heavy atom. The van der Waals surface area contributed by atoms with Gasteiger partial charge in [0.15, 0.2) is 0 Å². The summed E-state index contributed by atoms with van der Waals surface area (Å²) in [4.78, 5) is 16.0. The highest BCUT2D eigenvalue weighted by molar-refractivity contribution is 7.10. The first kappa shape index (κ1) is 12.5. The summed E-state index contributed by atoms with van der Waals surface area (Å²) in [5, 5.41) is 12.7. The van der Waals surface area contributed by atoms with Gasteiger partial charge >= 0.3 is 0 Å². The standard InChI is InChI=1S/C15H14N4OS/c20-15(10-5-6-11-12(9-10)17-18-16-11)19-7-1-3-13(19)14-4-2-8-21-14/h2,4-6,8-9,13H,1,3,7H2,(H,16,17,18). The third-order valence-electron chi connectivity index (χ3n) is 3.95. The summed E-state index contributed by atoms with van der Waals surface area (Å²) in [7, 11) is 0. The number of aromatic amines is 1. The average Bonchev–Trinajstić information content (AvgIpc) is 3.24. The number of rotatable bonds is 2. The van der Waals surface area contributed by atoms with Crippen molar-refractivity contribution in [3.63, 3.8) is 0 Å². The number of benzene rings is 1. The van der Waals surface area contributed by atoms with Crippen LogP contribution in [0.1, 0.15) is 34.1 Å². The summed E-state index contributed by atoms with van der Waals surface area (Å²) >= 11 is 1.72. The zero-order valence-corrected chi connectivity index (χ0v) is 12.1. The number of carbonyl (C=O) groups is 1. The molecule has 0 saturated carbocycles. The highest BCUT2D eigenvalue weighted by Crippen LogP contribution is 2.35. The molecule has 1 aliphatic heterocycles. The number of fused-ring (bicyclic) bond motifs is 1. The molecular formula is C15H14N4OS. The highest BCUT2D eigenvalue weighted by Gasteiger charge is 2.31. The predicted molar refractivity (Wildman–Crippen MR) is 81.2 cm³/mol. The van der Waals surface area contributed by atoms with Gasteiger partial charge in [0.05, 0.1) is 6.04 Å². The SMILES string of the molecule is O=C(c1ccc2n[nH]nc2c1)N1CCCC1c1cccs1. The zero-order chi connectivity index (χ0) is 14.2. The monoisotopic (exact) mass is 298 g/mol. The lowest BCUT2D eigenvalue weighted by molar-refractivity contribution is 0.0738. The number of thiophene rings is 1. The molecule has 1 amide bonds. The number of aromatic nitrogens is 3. The molecule has 0 radical (unpaired) electrons. The van der Waals surface area contributed by atoms with Crippen molar-refractivity contribution >= 4 is 28.3 Å². The molecule has 1 aliphatic rings. The highest BCUT2D eigenvalue weighted by atomic mass is 32.1. The van der Waals surface area contributed by atoms with Crippen molar-refractivity contribution in [3.05, 3.63) is 46.2 Å². The molecule has 1 aromatic carbocycles. The number of amides is 1. The third kappa shape index (κ3) is 2.12. The fourth-order valence-electron chi connectivity index (χ4n) is 2.93. The van der Waals surface area contributed by atoms with E-state index in [1.54, 1.807) is 11.3 Å². The summed E-state index contributed by atoms with van der Waals surface area (Å²) in [6, 6.07) is 9.85. The molecule has 4 rings (SSSR count). The van der Waals surface area contributed by atoms with E-state index in [1.165, 1.54) is 4.88 Å². The lowest BCUT2D eigenvalue weighted by Crippen LogP contribution is -2.30. The van der Waals surface area contributed by atoms with E-state index in [0.717, 1.165) is 30.4 Å². The molecule has 2 aromatic heterocycles. The second kappa shape index (κ2) is 4.96. The Kier molecular flexibility index (Phi) is 2.96. The zero-order valence-electron chi connectivity index (χ0n) is 11.3. The number of nitrogens with zero attached hydrogens (tertiary/aromatic N) is 3. The van der Waals surface area contributed by atoms with Gasteiger partial charge in [0.2, 0.25) is 0 Å². The summed E-state index contributed by atoms with van der Waals surface area (Å²) in [5.74, 6) is 0.0794. The van der Waals surface area contributed by atoms with Gasteiger partial charge < -0.3 is 4.90 Å². The van der Waals surface area contributed by atoms with E-state index < -0.39 is 0 Å². The molecule has 21 heavy (non-hydrogen) atoms. The molecule has 1 saturated heterocycles. The van der Waals surface area contributed by atoms with Gasteiger partial charge in [-0.1, -0.05) is 6.07 Å². The van der Waals surface area contributed by atoms with E-state index in [2.05, 4.69) is 26.9 Å². The molecular weight excluding hydrogens is 284 g/mol. The Labute approximate surface area is 125 Å². The maximum absolute atomic E-state index is 12.8. The number of carbonyl (C=O) groups excluding carboxylic acids is 1. The van der Waals surface area contributed by atoms with Crippen LogP contribution in [-0.4, -0.2) is 32.8 Å². The van der Waals surface area contributed by atoms with E-state index in [-0.39, 0.29) is 11.9 Å². The minimum atomic E-state index is 0.0794. The smallest absolute Gasteiger partial charge is 0.254 e. The van der Waals surface area contributed by atoms with Crippen molar-refractivity contribution in [3.8, 4) is 0 Å². The molecule has 0 aliphatic carbocycles. The predicted octanol–water partition coefficient (Wildman–Crippen LogP) is 3.00. The Bertz CT molecular complexity index is 780. The van der Waals surface area contributed by atoms with Crippen LogP contribution in [0.4, 0.5) is 0 Å². The number of likely N-dealkylation sites (tertiary alicyclic amines) is 1. The van der Waals surface area contributed by atoms with Crippen molar-refractivity contribution in [2.75, 3.05) is 6.54 Å². The molecule has 3 aromatic rings. The van der Waals surface area contributed by atoms with Crippen LogP contribution in [0.2, 0.25) is 0 Å². The van der Waals surface area contributed by atoms with Gasteiger partial charge in [-0.2, -0.15) is 15.4 Å². The maximum Gasteiger partial charge on any atom is 0.254 e. The molecule has 1 N–H and O–H groups in total. The Balaban J connectivity index is 1.66. The minimum absolute atomic E-state index is 0.0794. The van der Waals surface area contributed by atoms with E-state index >= 15 is 0 Å². The van der Waals surface area contributed by atoms with Crippen molar-refractivity contribution < 1.29 is 4.79 Å². The van der Waals surface area contributed by atoms with Crippen LogP contribution in [0, 0.1) is 0 Å².